The monoisotopic (exact) mass is 260 g/mol. The van der Waals surface area contributed by atoms with E-state index in [0.29, 0.717) is 31.1 Å². The van der Waals surface area contributed by atoms with Crippen LogP contribution in [-0.2, 0) is 11.2 Å². The zero-order valence-electron chi connectivity index (χ0n) is 10.8. The second-order valence-corrected chi connectivity index (χ2v) is 4.92. The summed E-state index contributed by atoms with van der Waals surface area (Å²) >= 11 is 0. The highest BCUT2D eigenvalue weighted by Gasteiger charge is 2.29. The molecule has 19 heavy (non-hydrogen) atoms. The molecular weight excluding hydrogens is 243 g/mol. The second kappa shape index (κ2) is 6.44. The van der Waals surface area contributed by atoms with Crippen LogP contribution in [0.5, 0.6) is 0 Å². The number of Topliss-reactive ketones (excluding diaryl/α,β-unsaturated/α-hetero) is 1. The van der Waals surface area contributed by atoms with Crippen molar-refractivity contribution in [2.75, 3.05) is 13.1 Å². The molecule has 0 radical (unpaired) electrons. The molecule has 0 unspecified atom stereocenters. The minimum Gasteiger partial charge on any atom is -0.298 e. The van der Waals surface area contributed by atoms with E-state index in [9.17, 15) is 9.18 Å². The first-order valence-electron chi connectivity index (χ1n) is 6.57. The molecule has 100 valence electrons. The smallest absolute Gasteiger partial charge is 0.151 e. The largest absolute Gasteiger partial charge is 0.298 e. The van der Waals surface area contributed by atoms with E-state index in [1.807, 2.05) is 4.90 Å². The molecule has 0 aromatic heterocycles. The van der Waals surface area contributed by atoms with Gasteiger partial charge in [0.25, 0.3) is 0 Å². The maximum absolute atomic E-state index is 13.5. The lowest BCUT2D eigenvalue weighted by atomic mass is 10.1. The molecule has 1 saturated carbocycles. The molecule has 0 spiro atoms. The van der Waals surface area contributed by atoms with E-state index in [2.05, 4.69) is 6.07 Å². The van der Waals surface area contributed by atoms with Gasteiger partial charge in [-0.2, -0.15) is 5.26 Å². The van der Waals surface area contributed by atoms with Gasteiger partial charge in [0.1, 0.15) is 5.82 Å². The van der Waals surface area contributed by atoms with Crippen LogP contribution < -0.4 is 0 Å². The summed E-state index contributed by atoms with van der Waals surface area (Å²) in [6, 6.07) is 8.91. The van der Waals surface area contributed by atoms with E-state index in [1.165, 1.54) is 6.07 Å². The summed E-state index contributed by atoms with van der Waals surface area (Å²) in [5.74, 6) is -0.319. The average molecular weight is 260 g/mol. The van der Waals surface area contributed by atoms with Crippen LogP contribution >= 0.6 is 0 Å². The van der Waals surface area contributed by atoms with Crippen LogP contribution in [0.25, 0.3) is 0 Å². The van der Waals surface area contributed by atoms with Gasteiger partial charge in [0.15, 0.2) is 5.78 Å². The van der Waals surface area contributed by atoms with E-state index < -0.39 is 0 Å². The SMILES string of the molecule is N#CCCN(CC(=O)Cc1ccccc1F)C1CC1. The van der Waals surface area contributed by atoms with Crippen LogP contribution in [0.4, 0.5) is 4.39 Å². The van der Waals surface area contributed by atoms with Crippen LogP contribution in [-0.4, -0.2) is 29.8 Å². The molecule has 0 atom stereocenters. The third-order valence-electron chi connectivity index (χ3n) is 3.30. The lowest BCUT2D eigenvalue weighted by Crippen LogP contribution is -2.33. The topological polar surface area (TPSA) is 44.1 Å². The maximum atomic E-state index is 13.5. The minimum atomic E-state index is -0.328. The summed E-state index contributed by atoms with van der Waals surface area (Å²) in [5, 5.41) is 8.61. The van der Waals surface area contributed by atoms with Crippen LogP contribution in [0.1, 0.15) is 24.8 Å². The van der Waals surface area contributed by atoms with Crippen molar-refractivity contribution in [2.24, 2.45) is 0 Å². The van der Waals surface area contributed by atoms with E-state index in [-0.39, 0.29) is 18.0 Å². The fourth-order valence-electron chi connectivity index (χ4n) is 2.16. The van der Waals surface area contributed by atoms with Crippen LogP contribution in [0.3, 0.4) is 0 Å². The zero-order valence-corrected chi connectivity index (χ0v) is 10.8. The Morgan fingerprint density at radius 1 is 1.42 bits per heavy atom. The third-order valence-corrected chi connectivity index (χ3v) is 3.30. The van der Waals surface area contributed by atoms with E-state index >= 15 is 0 Å². The Labute approximate surface area is 112 Å². The Morgan fingerprint density at radius 2 is 2.16 bits per heavy atom. The van der Waals surface area contributed by atoms with Crippen molar-refractivity contribution < 1.29 is 9.18 Å². The van der Waals surface area contributed by atoms with Gasteiger partial charge in [-0.1, -0.05) is 18.2 Å². The molecule has 4 heteroatoms. The van der Waals surface area contributed by atoms with Gasteiger partial charge in [-0.25, -0.2) is 4.39 Å². The Bertz CT molecular complexity index is 491. The van der Waals surface area contributed by atoms with Gasteiger partial charge in [0.05, 0.1) is 12.6 Å². The number of rotatable bonds is 7. The molecule has 1 aliphatic rings. The molecule has 0 heterocycles. The normalized spacial score (nSPS) is 14.4. The van der Waals surface area contributed by atoms with Crippen LogP contribution in [0, 0.1) is 17.1 Å². The molecule has 1 aliphatic carbocycles. The Balaban J connectivity index is 1.89. The first kappa shape index (κ1) is 13.7. The summed E-state index contributed by atoms with van der Waals surface area (Å²) < 4.78 is 13.5. The number of benzene rings is 1. The third kappa shape index (κ3) is 4.15. The highest BCUT2D eigenvalue weighted by Crippen LogP contribution is 2.26. The fourth-order valence-corrected chi connectivity index (χ4v) is 2.16. The van der Waals surface area contributed by atoms with Crippen LogP contribution in [0.2, 0.25) is 0 Å². The second-order valence-electron chi connectivity index (χ2n) is 4.92. The summed E-state index contributed by atoms with van der Waals surface area (Å²) in [6.07, 6.45) is 2.75. The average Bonchev–Trinajstić information content (AvgIpc) is 3.21. The summed E-state index contributed by atoms with van der Waals surface area (Å²) in [6.45, 7) is 0.949. The lowest BCUT2D eigenvalue weighted by molar-refractivity contribution is -0.119. The molecular formula is C15H17FN2O. The van der Waals surface area contributed by atoms with Gasteiger partial charge in [-0.05, 0) is 24.5 Å². The minimum absolute atomic E-state index is 0.00920. The van der Waals surface area contributed by atoms with Crippen molar-refractivity contribution in [1.29, 1.82) is 5.26 Å². The molecule has 0 N–H and O–H groups in total. The van der Waals surface area contributed by atoms with Gasteiger partial charge < -0.3 is 0 Å². The molecule has 0 bridgehead atoms. The summed E-state index contributed by atoms with van der Waals surface area (Å²) in [7, 11) is 0. The Hall–Kier alpha value is -1.73. The number of carbonyl (C=O) groups is 1. The van der Waals surface area contributed by atoms with E-state index in [1.54, 1.807) is 18.2 Å². The standard InChI is InChI=1S/C15H17FN2O/c16-15-5-2-1-4-12(15)10-14(19)11-18(9-3-8-17)13-6-7-13/h1-2,4-5,13H,3,6-7,9-11H2. The quantitative estimate of drug-likeness (QED) is 0.755. The maximum Gasteiger partial charge on any atom is 0.151 e. The highest BCUT2D eigenvalue weighted by molar-refractivity contribution is 5.82. The predicted octanol–water partition coefficient (Wildman–Crippen LogP) is 2.32. The van der Waals surface area contributed by atoms with Crippen LogP contribution in [0.15, 0.2) is 24.3 Å². The molecule has 1 aromatic carbocycles. The lowest BCUT2D eigenvalue weighted by Gasteiger charge is -2.19. The van der Waals surface area contributed by atoms with E-state index in [0.717, 1.165) is 12.8 Å². The van der Waals surface area contributed by atoms with Crippen molar-refractivity contribution in [3.05, 3.63) is 35.6 Å². The van der Waals surface area contributed by atoms with Crippen molar-refractivity contribution in [3.63, 3.8) is 0 Å². The first-order chi connectivity index (χ1) is 9.20. The van der Waals surface area contributed by atoms with Gasteiger partial charge >= 0.3 is 0 Å². The van der Waals surface area contributed by atoms with Gasteiger partial charge in [0.2, 0.25) is 0 Å². The van der Waals surface area contributed by atoms with Crippen molar-refractivity contribution in [1.82, 2.24) is 4.90 Å². The van der Waals surface area contributed by atoms with Gasteiger partial charge in [-0.15, -0.1) is 0 Å². The first-order valence-corrected chi connectivity index (χ1v) is 6.57. The van der Waals surface area contributed by atoms with Crippen molar-refractivity contribution in [2.45, 2.75) is 31.7 Å². The summed E-state index contributed by atoms with van der Waals surface area (Å²) in [4.78, 5) is 14.0. The van der Waals surface area contributed by atoms with Gasteiger partial charge in [0, 0.05) is 25.4 Å². The molecule has 2 rings (SSSR count). The van der Waals surface area contributed by atoms with Crippen molar-refractivity contribution >= 4 is 5.78 Å². The van der Waals surface area contributed by atoms with Gasteiger partial charge in [-0.3, -0.25) is 9.69 Å². The highest BCUT2D eigenvalue weighted by atomic mass is 19.1. The number of ketones is 1. The Kier molecular flexibility index (Phi) is 4.64. The number of halogens is 1. The number of nitriles is 1. The van der Waals surface area contributed by atoms with E-state index in [4.69, 9.17) is 5.26 Å². The van der Waals surface area contributed by atoms with Crippen molar-refractivity contribution in [3.8, 4) is 6.07 Å². The summed E-state index contributed by atoms with van der Waals surface area (Å²) in [5.41, 5.74) is 0.448. The zero-order chi connectivity index (χ0) is 13.7. The number of hydrogen-bond donors (Lipinski definition) is 0. The number of nitrogens with zero attached hydrogens (tertiary/aromatic N) is 2. The number of carbonyl (C=O) groups excluding carboxylic acids is 1. The number of hydrogen-bond acceptors (Lipinski definition) is 3. The predicted molar refractivity (Wildman–Crippen MR) is 69.9 cm³/mol. The molecule has 3 nitrogen and oxygen atoms in total. The molecule has 1 fully saturated rings. The molecule has 0 aliphatic heterocycles. The molecule has 0 saturated heterocycles. The Morgan fingerprint density at radius 3 is 2.79 bits per heavy atom. The molecule has 0 amide bonds. The fraction of sp³-hybridized carbons (Fsp3) is 0.467. The molecule has 1 aromatic rings.